The Bertz CT molecular complexity index is 2370. The quantitative estimate of drug-likeness (QED) is 0.151. The number of aliphatic hydroxyl groups excluding tert-OH is 1. The number of piperidine rings is 2. The van der Waals surface area contributed by atoms with E-state index in [9.17, 15) is 24.3 Å². The number of aromatic nitrogens is 2. The number of carbonyl (C=O) groups excluding carboxylic acids is 4. The maximum Gasteiger partial charge on any atom is 0.251 e. The van der Waals surface area contributed by atoms with Crippen molar-refractivity contribution in [2.24, 2.45) is 11.8 Å². The lowest BCUT2D eigenvalue weighted by molar-refractivity contribution is -0.137. The van der Waals surface area contributed by atoms with Crippen molar-refractivity contribution in [2.45, 2.75) is 126 Å². The number of piperazine rings is 2. The van der Waals surface area contributed by atoms with E-state index < -0.39 is 12.1 Å². The Morgan fingerprint density at radius 1 is 0.753 bits per heavy atom. The number of halogens is 1. The van der Waals surface area contributed by atoms with Gasteiger partial charge in [0.15, 0.2) is 0 Å². The van der Waals surface area contributed by atoms with Gasteiger partial charge in [-0.05, 0) is 137 Å². The highest BCUT2D eigenvalue weighted by atomic mass is 35.5. The molecule has 394 valence electrons. The monoisotopic (exact) mass is 1020 g/mol. The van der Waals surface area contributed by atoms with Crippen molar-refractivity contribution >= 4 is 41.0 Å². The Hall–Kier alpha value is -4.67. The molecular formula is C57H79ClN10O5. The first-order valence-electron chi connectivity index (χ1n) is 28.0. The fourth-order valence-electron chi connectivity index (χ4n) is 13.0. The summed E-state index contributed by atoms with van der Waals surface area (Å²) >= 11 is 6.32. The van der Waals surface area contributed by atoms with Crippen molar-refractivity contribution in [2.75, 3.05) is 103 Å². The smallest absolute Gasteiger partial charge is 0.251 e. The second-order valence-corrected chi connectivity index (χ2v) is 23.0. The van der Waals surface area contributed by atoms with Crippen LogP contribution in [0.2, 0.25) is 5.02 Å². The number of nitrogens with one attached hydrogen (secondary N) is 2. The minimum atomic E-state index is -0.551. The van der Waals surface area contributed by atoms with Crippen molar-refractivity contribution < 1.29 is 24.3 Å². The average Bonchev–Trinajstić information content (AvgIpc) is 4.22. The molecule has 2 saturated carbocycles. The van der Waals surface area contributed by atoms with Crippen LogP contribution in [0.1, 0.15) is 147 Å². The van der Waals surface area contributed by atoms with Gasteiger partial charge in [0.05, 0.1) is 24.3 Å². The van der Waals surface area contributed by atoms with Crippen LogP contribution in [0, 0.1) is 11.8 Å². The van der Waals surface area contributed by atoms with Gasteiger partial charge in [0.2, 0.25) is 17.7 Å². The number of carbonyl (C=O) groups is 4. The van der Waals surface area contributed by atoms with Crippen molar-refractivity contribution in [1.82, 2.24) is 45.1 Å². The maximum atomic E-state index is 14.5. The number of hydrogen-bond donors (Lipinski definition) is 3. The number of benzene rings is 2. The SMILES string of the molecule is C[C@@H]1C[C@@H](O)c2ncnc(N3CCN(C(=O)[C@H](CCN4CCC(CN5CCN(C(=O)[C@H](NC(=O)c6cccc(C7CCCN(C(=O)CNC8CC8)C7)c6)C6CCCCC6)CC5)CC4)c4ccc(Cl)cc4)CC3)c21. The molecule has 10 rings (SSSR count). The second kappa shape index (κ2) is 23.9. The Morgan fingerprint density at radius 3 is 2.22 bits per heavy atom. The number of fused-ring (bicyclic) bond motifs is 1. The van der Waals surface area contributed by atoms with Gasteiger partial charge in [0.1, 0.15) is 18.2 Å². The number of nitrogens with zero attached hydrogens (tertiary/aromatic N) is 8. The summed E-state index contributed by atoms with van der Waals surface area (Å²) in [4.78, 5) is 78.3. The van der Waals surface area contributed by atoms with Crippen LogP contribution in [-0.4, -0.2) is 173 Å². The number of anilines is 1. The summed E-state index contributed by atoms with van der Waals surface area (Å²) in [5, 5.41) is 17.9. The van der Waals surface area contributed by atoms with Gasteiger partial charge in [-0.2, -0.15) is 0 Å². The molecule has 0 radical (unpaired) electrons. The summed E-state index contributed by atoms with van der Waals surface area (Å²) < 4.78 is 0. The fourth-order valence-corrected chi connectivity index (χ4v) is 13.1. The first kappa shape index (κ1) is 51.8. The number of amides is 4. The summed E-state index contributed by atoms with van der Waals surface area (Å²) in [6.07, 6.45) is 14.1. The molecule has 4 saturated heterocycles. The van der Waals surface area contributed by atoms with Gasteiger partial charge in [-0.15, -0.1) is 0 Å². The zero-order valence-electron chi connectivity index (χ0n) is 43.1. The summed E-state index contributed by atoms with van der Waals surface area (Å²) in [6.45, 7) is 13.4. The highest BCUT2D eigenvalue weighted by molar-refractivity contribution is 6.30. The van der Waals surface area contributed by atoms with Gasteiger partial charge in [-0.3, -0.25) is 24.1 Å². The van der Waals surface area contributed by atoms with Gasteiger partial charge in [0, 0.05) is 100 Å². The molecule has 6 fully saturated rings. The molecule has 1 unspecified atom stereocenters. The number of rotatable bonds is 16. The van der Waals surface area contributed by atoms with Crippen molar-refractivity contribution in [3.63, 3.8) is 0 Å². The molecule has 3 N–H and O–H groups in total. The number of likely N-dealkylation sites (tertiary alicyclic amines) is 2. The molecule has 1 aromatic heterocycles. The lowest BCUT2D eigenvalue weighted by Crippen LogP contribution is -2.57. The number of aliphatic hydroxyl groups is 1. The fraction of sp³-hybridized carbons (Fsp3) is 0.649. The first-order valence-corrected chi connectivity index (χ1v) is 28.4. The highest BCUT2D eigenvalue weighted by Crippen LogP contribution is 2.43. The molecule has 5 heterocycles. The normalized spacial score (nSPS) is 24.6. The lowest BCUT2D eigenvalue weighted by Gasteiger charge is -2.41. The van der Waals surface area contributed by atoms with E-state index in [4.69, 9.17) is 11.6 Å². The maximum absolute atomic E-state index is 14.5. The molecule has 2 aromatic carbocycles. The minimum absolute atomic E-state index is 0.0598. The van der Waals surface area contributed by atoms with E-state index in [0.29, 0.717) is 81.3 Å². The van der Waals surface area contributed by atoms with E-state index in [1.165, 1.54) is 6.42 Å². The Labute approximate surface area is 437 Å². The predicted octanol–water partition coefficient (Wildman–Crippen LogP) is 6.19. The molecule has 0 spiro atoms. The van der Waals surface area contributed by atoms with Gasteiger partial charge < -0.3 is 40.2 Å². The van der Waals surface area contributed by atoms with Crippen molar-refractivity contribution in [3.05, 3.63) is 87.8 Å². The summed E-state index contributed by atoms with van der Waals surface area (Å²) in [5.41, 5.74) is 4.46. The van der Waals surface area contributed by atoms with Crippen LogP contribution in [0.3, 0.4) is 0 Å². The van der Waals surface area contributed by atoms with E-state index >= 15 is 0 Å². The van der Waals surface area contributed by atoms with Crippen LogP contribution in [0.15, 0.2) is 54.9 Å². The minimum Gasteiger partial charge on any atom is -0.387 e. The zero-order chi connectivity index (χ0) is 50.4. The van der Waals surface area contributed by atoms with E-state index in [-0.39, 0.29) is 47.3 Å². The third-order valence-electron chi connectivity index (χ3n) is 17.6. The first-order chi connectivity index (χ1) is 35.5. The third-order valence-corrected chi connectivity index (χ3v) is 17.8. The Kier molecular flexibility index (Phi) is 17.0. The van der Waals surface area contributed by atoms with Crippen LogP contribution in [0.25, 0.3) is 0 Å². The molecule has 16 heteroatoms. The van der Waals surface area contributed by atoms with Crippen LogP contribution in [-0.2, 0) is 14.4 Å². The molecule has 3 aromatic rings. The number of hydrogen-bond acceptors (Lipinski definition) is 11. The van der Waals surface area contributed by atoms with Gasteiger partial charge >= 0.3 is 0 Å². The molecule has 7 aliphatic rings. The van der Waals surface area contributed by atoms with E-state index in [1.54, 1.807) is 6.33 Å². The van der Waals surface area contributed by atoms with E-state index in [2.05, 4.69) is 48.3 Å². The summed E-state index contributed by atoms with van der Waals surface area (Å²) in [5.74, 6) is 1.92. The van der Waals surface area contributed by atoms with Gasteiger partial charge in [-0.25, -0.2) is 9.97 Å². The molecule has 4 amide bonds. The molecular weight excluding hydrogens is 940 g/mol. The van der Waals surface area contributed by atoms with Crippen LogP contribution >= 0.6 is 11.6 Å². The zero-order valence-corrected chi connectivity index (χ0v) is 43.9. The molecule has 5 atom stereocenters. The summed E-state index contributed by atoms with van der Waals surface area (Å²) in [6, 6.07) is 15.6. The van der Waals surface area contributed by atoms with E-state index in [1.807, 2.05) is 57.2 Å². The largest absolute Gasteiger partial charge is 0.387 e. The molecule has 15 nitrogen and oxygen atoms in total. The topological polar surface area (TPSA) is 158 Å². The molecule has 3 aliphatic carbocycles. The van der Waals surface area contributed by atoms with Crippen LogP contribution < -0.4 is 15.5 Å². The Morgan fingerprint density at radius 2 is 1.48 bits per heavy atom. The van der Waals surface area contributed by atoms with Gasteiger partial charge in [0.25, 0.3) is 5.91 Å². The average molecular weight is 1020 g/mol. The highest BCUT2D eigenvalue weighted by Gasteiger charge is 2.38. The molecule has 4 aliphatic heterocycles. The lowest BCUT2D eigenvalue weighted by atomic mass is 9.83. The van der Waals surface area contributed by atoms with Gasteiger partial charge in [-0.1, -0.05) is 62.1 Å². The second-order valence-electron chi connectivity index (χ2n) is 22.6. The predicted molar refractivity (Wildman–Crippen MR) is 284 cm³/mol. The van der Waals surface area contributed by atoms with Crippen molar-refractivity contribution in [3.8, 4) is 0 Å². The summed E-state index contributed by atoms with van der Waals surface area (Å²) in [7, 11) is 0. The Balaban J connectivity index is 0.686. The van der Waals surface area contributed by atoms with E-state index in [0.717, 1.165) is 145 Å². The van der Waals surface area contributed by atoms with Crippen molar-refractivity contribution in [1.29, 1.82) is 0 Å². The molecule has 73 heavy (non-hydrogen) atoms. The standard InChI is InChI=1S/C57H79ClN10O5/c1-39-33-49(69)53-51(39)54(61-38-60-53)65-29-31-66(32-30-65)56(72)48(41-12-14-46(58)15-13-41)20-24-63-22-18-40(19-23-63)36-64-25-27-67(28-26-64)57(73)52(42-7-3-2-4-8-42)62-55(71)44-10-5-9-43(34-44)45-11-6-21-68(37-45)50(70)35-59-47-16-17-47/h5,9-10,12-15,34,38-40,42,45,47-49,52,59,69H,2-4,6-8,11,16-33,35-37H2,1H3,(H,62,71)/t39-,45?,48-,49-,52-/m1/s1. The molecule has 0 bridgehead atoms. The third kappa shape index (κ3) is 12.7. The van der Waals surface area contributed by atoms with Crippen LogP contribution in [0.5, 0.6) is 0 Å². The van der Waals surface area contributed by atoms with Crippen LogP contribution in [0.4, 0.5) is 5.82 Å².